The van der Waals surface area contributed by atoms with Crippen molar-refractivity contribution in [2.24, 2.45) is 5.16 Å². The molecule has 3 aromatic rings. The first kappa shape index (κ1) is 25.0. The van der Waals surface area contributed by atoms with Crippen molar-refractivity contribution in [3.05, 3.63) is 65.6 Å². The number of carbonyl (C=O) groups is 2. The van der Waals surface area contributed by atoms with Crippen LogP contribution in [0.5, 0.6) is 0 Å². The molecule has 2 aromatic carbocycles. The number of oxime groups is 1. The van der Waals surface area contributed by atoms with Crippen molar-refractivity contribution < 1.29 is 14.4 Å². The van der Waals surface area contributed by atoms with Crippen LogP contribution in [0.3, 0.4) is 0 Å². The Hall–Kier alpha value is -3.65. The van der Waals surface area contributed by atoms with Gasteiger partial charge in [0.05, 0.1) is 11.4 Å². The molecule has 1 aromatic heterocycles. The zero-order chi connectivity index (χ0) is 23.4. The summed E-state index contributed by atoms with van der Waals surface area (Å²) in [7, 11) is 0. The molecule has 2 N–H and O–H groups in total. The summed E-state index contributed by atoms with van der Waals surface area (Å²) in [6.07, 6.45) is 1.14. The van der Waals surface area contributed by atoms with Crippen molar-refractivity contribution in [2.45, 2.75) is 33.6 Å². The highest BCUT2D eigenvalue weighted by Crippen LogP contribution is 2.35. The Morgan fingerprint density at radius 1 is 1.15 bits per heavy atom. The van der Waals surface area contributed by atoms with Crippen LogP contribution in [-0.2, 0) is 16.1 Å². The quantitative estimate of drug-likeness (QED) is 0.392. The maximum absolute atomic E-state index is 13.4. The van der Waals surface area contributed by atoms with Gasteiger partial charge in [-0.2, -0.15) is 0 Å². The monoisotopic (exact) mass is 481 g/mol. The van der Waals surface area contributed by atoms with Crippen LogP contribution >= 0.6 is 12.4 Å². The Morgan fingerprint density at radius 2 is 1.88 bits per heavy atom. The van der Waals surface area contributed by atoms with E-state index in [1.54, 1.807) is 29.2 Å². The molecule has 8 nitrogen and oxygen atoms in total. The number of carbonyl (C=O) groups excluding carboxylic acids is 2. The van der Waals surface area contributed by atoms with E-state index in [0.29, 0.717) is 43.0 Å². The van der Waals surface area contributed by atoms with Crippen LogP contribution in [0, 0.1) is 6.92 Å². The van der Waals surface area contributed by atoms with Gasteiger partial charge in [-0.25, -0.2) is 4.98 Å². The fourth-order valence-corrected chi connectivity index (χ4v) is 3.87. The summed E-state index contributed by atoms with van der Waals surface area (Å²) in [5.74, 6) is 0.439. The van der Waals surface area contributed by atoms with Gasteiger partial charge in [-0.1, -0.05) is 30.3 Å². The summed E-state index contributed by atoms with van der Waals surface area (Å²) >= 11 is 0. The second-order valence-corrected chi connectivity index (χ2v) is 7.71. The molecule has 34 heavy (non-hydrogen) atoms. The zero-order valence-corrected chi connectivity index (χ0v) is 20.2. The van der Waals surface area contributed by atoms with Gasteiger partial charge >= 0.3 is 0 Å². The van der Waals surface area contributed by atoms with E-state index in [2.05, 4.69) is 20.4 Å². The first-order valence-electron chi connectivity index (χ1n) is 11.1. The number of aromatic nitrogens is 2. The number of nitrogens with one attached hydrogen (secondary N) is 2. The van der Waals surface area contributed by atoms with Gasteiger partial charge < -0.3 is 20.0 Å². The number of nitrogens with zero attached hydrogens (tertiary/aromatic N) is 3. The highest BCUT2D eigenvalue weighted by Gasteiger charge is 2.26. The van der Waals surface area contributed by atoms with Crippen molar-refractivity contribution in [1.82, 2.24) is 9.97 Å². The Morgan fingerprint density at radius 3 is 2.59 bits per heavy atom. The van der Waals surface area contributed by atoms with Crippen molar-refractivity contribution >= 4 is 41.3 Å². The number of amides is 2. The summed E-state index contributed by atoms with van der Waals surface area (Å²) in [6.45, 7) is 6.52. The molecule has 1 aliphatic heterocycles. The van der Waals surface area contributed by atoms with Crippen molar-refractivity contribution in [3.8, 4) is 11.3 Å². The number of hydrogen-bond donors (Lipinski definition) is 2. The SMILES string of the molecule is CCON=C(CC)C(=O)Nc1ccc(C(=O)N2CCc3[nH]c(C)nc3-c3ccccc32)cc1.Cl. The Kier molecular flexibility index (Phi) is 8.07. The molecule has 1 aliphatic rings. The third kappa shape index (κ3) is 5.12. The van der Waals surface area contributed by atoms with Gasteiger partial charge in [0.15, 0.2) is 0 Å². The van der Waals surface area contributed by atoms with Crippen molar-refractivity contribution in [1.29, 1.82) is 0 Å². The lowest BCUT2D eigenvalue weighted by atomic mass is 10.1. The van der Waals surface area contributed by atoms with Gasteiger partial charge in [-0.15, -0.1) is 12.4 Å². The average molecular weight is 482 g/mol. The number of para-hydroxylation sites is 1. The second-order valence-electron chi connectivity index (χ2n) is 7.71. The zero-order valence-electron chi connectivity index (χ0n) is 19.4. The molecule has 0 saturated heterocycles. The van der Waals surface area contributed by atoms with E-state index >= 15 is 0 Å². The highest BCUT2D eigenvalue weighted by atomic mass is 35.5. The standard InChI is InChI=1S/C25H27N5O3.ClH/c1-4-20(29-33-5-2)24(31)28-18-12-10-17(11-13-18)25(32)30-15-14-21-23(27-16(3)26-21)19-8-6-7-9-22(19)30;/h6-13H,4-5,14-15H2,1-3H3,(H,26,27)(H,28,31);1H. The van der Waals surface area contributed by atoms with Crippen molar-refractivity contribution in [2.75, 3.05) is 23.4 Å². The average Bonchev–Trinajstić information content (AvgIpc) is 3.13. The first-order chi connectivity index (χ1) is 16.0. The fraction of sp³-hybridized carbons (Fsp3) is 0.280. The normalized spacial score (nSPS) is 12.7. The van der Waals surface area contributed by atoms with E-state index in [9.17, 15) is 9.59 Å². The molecule has 9 heteroatoms. The number of aromatic amines is 1. The van der Waals surface area contributed by atoms with Gasteiger partial charge in [0.25, 0.3) is 11.8 Å². The molecule has 0 unspecified atom stereocenters. The summed E-state index contributed by atoms with van der Waals surface area (Å²) in [4.78, 5) is 40.6. The van der Waals surface area contributed by atoms with Gasteiger partial charge in [0.1, 0.15) is 18.1 Å². The largest absolute Gasteiger partial charge is 0.396 e. The Labute approximate surface area is 204 Å². The van der Waals surface area contributed by atoms with Crippen LogP contribution in [0.2, 0.25) is 0 Å². The maximum atomic E-state index is 13.4. The van der Waals surface area contributed by atoms with Crippen LogP contribution in [0.1, 0.15) is 42.1 Å². The third-order valence-corrected chi connectivity index (χ3v) is 5.47. The summed E-state index contributed by atoms with van der Waals surface area (Å²) < 4.78 is 0. The number of anilines is 2. The van der Waals surface area contributed by atoms with Gasteiger partial charge in [-0.05, 0) is 50.6 Å². The van der Waals surface area contributed by atoms with E-state index in [1.165, 1.54) is 0 Å². The number of hydrogen-bond acceptors (Lipinski definition) is 5. The number of halogens is 1. The molecule has 4 rings (SSSR count). The number of fused-ring (bicyclic) bond motifs is 3. The lowest BCUT2D eigenvalue weighted by molar-refractivity contribution is -0.110. The van der Waals surface area contributed by atoms with Crippen LogP contribution in [0.4, 0.5) is 11.4 Å². The summed E-state index contributed by atoms with van der Waals surface area (Å²) in [5, 5.41) is 6.65. The highest BCUT2D eigenvalue weighted by molar-refractivity contribution is 6.42. The van der Waals surface area contributed by atoms with Crippen LogP contribution in [-0.4, -0.2) is 40.6 Å². The number of benzene rings is 2. The topological polar surface area (TPSA) is 99.7 Å². The maximum Gasteiger partial charge on any atom is 0.273 e. The predicted molar refractivity (Wildman–Crippen MR) is 136 cm³/mol. The minimum absolute atomic E-state index is 0. The summed E-state index contributed by atoms with van der Waals surface area (Å²) in [6, 6.07) is 14.7. The Bertz CT molecular complexity index is 1200. The minimum atomic E-state index is -0.324. The molecule has 0 atom stereocenters. The van der Waals surface area contributed by atoms with Gasteiger partial charge in [-0.3, -0.25) is 9.59 Å². The Balaban J connectivity index is 0.00000324. The molecule has 2 heterocycles. The van der Waals surface area contributed by atoms with E-state index in [4.69, 9.17) is 4.84 Å². The molecule has 2 amide bonds. The molecular formula is C25H28ClN5O3. The van der Waals surface area contributed by atoms with Crippen molar-refractivity contribution in [3.63, 3.8) is 0 Å². The summed E-state index contributed by atoms with van der Waals surface area (Å²) in [5.41, 5.74) is 5.14. The third-order valence-electron chi connectivity index (χ3n) is 5.47. The molecule has 178 valence electrons. The van der Waals surface area contributed by atoms with Crippen LogP contribution in [0.25, 0.3) is 11.3 Å². The molecule has 0 spiro atoms. The predicted octanol–water partition coefficient (Wildman–Crippen LogP) is 4.75. The molecule has 0 saturated carbocycles. The molecular weight excluding hydrogens is 454 g/mol. The van der Waals surface area contributed by atoms with E-state index in [-0.39, 0.29) is 24.2 Å². The van der Waals surface area contributed by atoms with Crippen LogP contribution in [0.15, 0.2) is 53.7 Å². The van der Waals surface area contributed by atoms with Gasteiger partial charge in [0, 0.05) is 35.5 Å². The molecule has 0 radical (unpaired) electrons. The lowest BCUT2D eigenvalue weighted by Crippen LogP contribution is -2.32. The van der Waals surface area contributed by atoms with E-state index in [1.807, 2.05) is 45.0 Å². The second kappa shape index (κ2) is 11.0. The number of rotatable bonds is 6. The van der Waals surface area contributed by atoms with E-state index < -0.39 is 0 Å². The molecule has 0 aliphatic carbocycles. The fourth-order valence-electron chi connectivity index (χ4n) is 3.87. The van der Waals surface area contributed by atoms with Gasteiger partial charge in [0.2, 0.25) is 0 Å². The lowest BCUT2D eigenvalue weighted by Gasteiger charge is -2.23. The number of imidazole rings is 1. The molecule has 0 bridgehead atoms. The first-order valence-corrected chi connectivity index (χ1v) is 11.1. The number of aryl methyl sites for hydroxylation is 1. The minimum Gasteiger partial charge on any atom is -0.396 e. The van der Waals surface area contributed by atoms with E-state index in [0.717, 1.165) is 28.5 Å². The smallest absolute Gasteiger partial charge is 0.273 e. The van der Waals surface area contributed by atoms with Crippen LogP contribution < -0.4 is 10.2 Å². The number of H-pyrrole nitrogens is 1. The molecule has 0 fully saturated rings.